The number of hydrogen-bond acceptors (Lipinski definition) is 3. The normalized spacial score (nSPS) is 9.62. The fourth-order valence-corrected chi connectivity index (χ4v) is 0.899. The van der Waals surface area contributed by atoms with E-state index in [1.807, 2.05) is 6.92 Å². The van der Waals surface area contributed by atoms with Gasteiger partial charge in [0, 0.05) is 5.69 Å². The molecule has 0 amide bonds. The van der Waals surface area contributed by atoms with Crippen molar-refractivity contribution in [3.05, 3.63) is 30.4 Å². The van der Waals surface area contributed by atoms with Crippen molar-refractivity contribution in [1.29, 1.82) is 0 Å². The van der Waals surface area contributed by atoms with Crippen LogP contribution in [-0.4, -0.2) is 6.61 Å². The van der Waals surface area contributed by atoms with E-state index in [-0.39, 0.29) is 0 Å². The molecular weight excluding hydrogens is 164 g/mol. The second-order valence-electron chi connectivity index (χ2n) is 3.04. The Morgan fingerprint density at radius 3 is 2.69 bits per heavy atom. The Morgan fingerprint density at radius 1 is 1.46 bits per heavy atom. The Balaban J connectivity index is 2.72. The van der Waals surface area contributed by atoms with E-state index in [0.29, 0.717) is 23.7 Å². The van der Waals surface area contributed by atoms with Crippen molar-refractivity contribution < 1.29 is 4.74 Å². The zero-order valence-electron chi connectivity index (χ0n) is 7.71. The van der Waals surface area contributed by atoms with Crippen LogP contribution in [0.1, 0.15) is 6.92 Å². The summed E-state index contributed by atoms with van der Waals surface area (Å²) in [5, 5.41) is 0. The third-order valence-corrected chi connectivity index (χ3v) is 1.51. The summed E-state index contributed by atoms with van der Waals surface area (Å²) in [6.45, 7) is 6.10. The summed E-state index contributed by atoms with van der Waals surface area (Å²) in [4.78, 5) is 0. The van der Waals surface area contributed by atoms with Gasteiger partial charge in [-0.05, 0) is 30.7 Å². The van der Waals surface area contributed by atoms with Crippen LogP contribution >= 0.6 is 0 Å². The molecule has 0 aliphatic heterocycles. The Bertz CT molecular complexity index is 321. The molecule has 0 radical (unpaired) electrons. The maximum Gasteiger partial charge on any atom is 0.142 e. The van der Waals surface area contributed by atoms with Crippen molar-refractivity contribution in [1.82, 2.24) is 0 Å². The number of nitrogens with two attached hydrogens (primary N) is 2. The smallest absolute Gasteiger partial charge is 0.142 e. The molecule has 3 nitrogen and oxygen atoms in total. The summed E-state index contributed by atoms with van der Waals surface area (Å²) in [7, 11) is 0. The highest BCUT2D eigenvalue weighted by Gasteiger charge is 1.99. The molecule has 0 saturated carbocycles. The maximum absolute atomic E-state index is 5.67. The minimum Gasteiger partial charge on any atom is -0.487 e. The van der Waals surface area contributed by atoms with Crippen LogP contribution in [0.2, 0.25) is 0 Å². The summed E-state index contributed by atoms with van der Waals surface area (Å²) in [5.41, 5.74) is 13.4. The third kappa shape index (κ3) is 2.71. The highest BCUT2D eigenvalue weighted by atomic mass is 16.5. The van der Waals surface area contributed by atoms with Crippen molar-refractivity contribution in [2.24, 2.45) is 0 Å². The first kappa shape index (κ1) is 9.45. The SMILES string of the molecule is C=C(C)COc1ccc(N)cc1N. The van der Waals surface area contributed by atoms with Gasteiger partial charge in [0.15, 0.2) is 0 Å². The van der Waals surface area contributed by atoms with Gasteiger partial charge in [-0.25, -0.2) is 0 Å². The van der Waals surface area contributed by atoms with E-state index >= 15 is 0 Å². The lowest BCUT2D eigenvalue weighted by atomic mass is 10.2. The zero-order valence-corrected chi connectivity index (χ0v) is 7.71. The van der Waals surface area contributed by atoms with Crippen LogP contribution in [0.4, 0.5) is 11.4 Å². The van der Waals surface area contributed by atoms with E-state index in [1.54, 1.807) is 18.2 Å². The number of hydrogen-bond donors (Lipinski definition) is 2. The molecule has 0 aliphatic carbocycles. The molecule has 0 atom stereocenters. The van der Waals surface area contributed by atoms with Gasteiger partial charge >= 0.3 is 0 Å². The number of anilines is 2. The number of nitrogen functional groups attached to an aromatic ring is 2. The van der Waals surface area contributed by atoms with E-state index in [9.17, 15) is 0 Å². The fourth-order valence-electron chi connectivity index (χ4n) is 0.899. The molecule has 0 aromatic heterocycles. The second-order valence-corrected chi connectivity index (χ2v) is 3.04. The largest absolute Gasteiger partial charge is 0.487 e. The average Bonchev–Trinajstić information content (AvgIpc) is 2.02. The predicted molar refractivity (Wildman–Crippen MR) is 55.6 cm³/mol. The minimum atomic E-state index is 0.480. The number of ether oxygens (including phenoxy) is 1. The van der Waals surface area contributed by atoms with Gasteiger partial charge in [-0.15, -0.1) is 0 Å². The van der Waals surface area contributed by atoms with Gasteiger partial charge in [-0.3, -0.25) is 0 Å². The van der Waals surface area contributed by atoms with Crippen LogP contribution in [0, 0.1) is 0 Å². The van der Waals surface area contributed by atoms with Crippen LogP contribution in [0.5, 0.6) is 5.75 Å². The minimum absolute atomic E-state index is 0.480. The standard InChI is InChI=1S/C10H14N2O/c1-7(2)6-13-10-4-3-8(11)5-9(10)12/h3-5H,1,6,11-12H2,2H3. The highest BCUT2D eigenvalue weighted by molar-refractivity contribution is 5.60. The van der Waals surface area contributed by atoms with Crippen molar-refractivity contribution in [2.75, 3.05) is 18.1 Å². The molecule has 0 aliphatic rings. The zero-order chi connectivity index (χ0) is 9.84. The molecule has 13 heavy (non-hydrogen) atoms. The van der Waals surface area contributed by atoms with Crippen LogP contribution in [-0.2, 0) is 0 Å². The molecule has 0 heterocycles. The summed E-state index contributed by atoms with van der Waals surface area (Å²) in [6, 6.07) is 5.19. The van der Waals surface area contributed by atoms with E-state index in [4.69, 9.17) is 16.2 Å². The van der Waals surface area contributed by atoms with Crippen LogP contribution < -0.4 is 16.2 Å². The number of rotatable bonds is 3. The second kappa shape index (κ2) is 3.85. The van der Waals surface area contributed by atoms with Crippen LogP contribution in [0.3, 0.4) is 0 Å². The Kier molecular flexibility index (Phi) is 2.80. The number of benzene rings is 1. The van der Waals surface area contributed by atoms with Crippen molar-refractivity contribution >= 4 is 11.4 Å². The van der Waals surface area contributed by atoms with Gasteiger partial charge in [0.25, 0.3) is 0 Å². The summed E-state index contributed by atoms with van der Waals surface area (Å²) in [6.07, 6.45) is 0. The summed E-state index contributed by atoms with van der Waals surface area (Å²) >= 11 is 0. The monoisotopic (exact) mass is 178 g/mol. The van der Waals surface area contributed by atoms with Crippen LogP contribution in [0.15, 0.2) is 30.4 Å². The molecule has 0 spiro atoms. The van der Waals surface area contributed by atoms with Gasteiger partial charge in [-0.2, -0.15) is 0 Å². The van der Waals surface area contributed by atoms with Gasteiger partial charge in [0.05, 0.1) is 5.69 Å². The van der Waals surface area contributed by atoms with Crippen LogP contribution in [0.25, 0.3) is 0 Å². The molecule has 0 fully saturated rings. The molecular formula is C10H14N2O. The topological polar surface area (TPSA) is 61.3 Å². The van der Waals surface area contributed by atoms with Gasteiger partial charge < -0.3 is 16.2 Å². The van der Waals surface area contributed by atoms with Crippen molar-refractivity contribution in [3.63, 3.8) is 0 Å². The highest BCUT2D eigenvalue weighted by Crippen LogP contribution is 2.23. The first-order chi connectivity index (χ1) is 6.09. The van der Waals surface area contributed by atoms with Crippen molar-refractivity contribution in [3.8, 4) is 5.75 Å². The Hall–Kier alpha value is -1.64. The quantitative estimate of drug-likeness (QED) is 0.548. The first-order valence-corrected chi connectivity index (χ1v) is 4.02. The van der Waals surface area contributed by atoms with Gasteiger partial charge in [0.2, 0.25) is 0 Å². The molecule has 1 rings (SSSR count). The Morgan fingerprint density at radius 2 is 2.15 bits per heavy atom. The first-order valence-electron chi connectivity index (χ1n) is 4.02. The van der Waals surface area contributed by atoms with Gasteiger partial charge in [-0.1, -0.05) is 6.58 Å². The Labute approximate surface area is 78.0 Å². The lowest BCUT2D eigenvalue weighted by Gasteiger charge is -2.08. The van der Waals surface area contributed by atoms with E-state index in [1.165, 1.54) is 0 Å². The van der Waals surface area contributed by atoms with E-state index in [2.05, 4.69) is 6.58 Å². The molecule has 1 aromatic carbocycles. The molecule has 70 valence electrons. The van der Waals surface area contributed by atoms with E-state index < -0.39 is 0 Å². The predicted octanol–water partition coefficient (Wildman–Crippen LogP) is 1.81. The fraction of sp³-hybridized carbons (Fsp3) is 0.200. The lowest BCUT2D eigenvalue weighted by molar-refractivity contribution is 0.354. The van der Waals surface area contributed by atoms with Crippen molar-refractivity contribution in [2.45, 2.75) is 6.92 Å². The molecule has 0 saturated heterocycles. The molecule has 3 heteroatoms. The molecule has 4 N–H and O–H groups in total. The molecule has 0 unspecified atom stereocenters. The molecule has 0 bridgehead atoms. The summed E-state index contributed by atoms with van der Waals surface area (Å²) < 4.78 is 5.37. The summed E-state index contributed by atoms with van der Waals surface area (Å²) in [5.74, 6) is 0.650. The third-order valence-electron chi connectivity index (χ3n) is 1.51. The lowest BCUT2D eigenvalue weighted by Crippen LogP contribution is -2.01. The van der Waals surface area contributed by atoms with E-state index in [0.717, 1.165) is 5.57 Å². The average molecular weight is 178 g/mol. The molecule has 1 aromatic rings. The van der Waals surface area contributed by atoms with Gasteiger partial charge in [0.1, 0.15) is 12.4 Å². The maximum atomic E-state index is 5.67.